The molecule has 0 saturated carbocycles. The van der Waals surface area contributed by atoms with Crippen molar-refractivity contribution in [2.75, 3.05) is 23.7 Å². The Kier molecular flexibility index (Phi) is 11.0. The van der Waals surface area contributed by atoms with Crippen LogP contribution in [-0.2, 0) is 6.61 Å². The number of likely N-dealkylation sites (tertiary alicyclic amines) is 1. The Hall–Kier alpha value is -6.34. The van der Waals surface area contributed by atoms with Crippen molar-refractivity contribution in [2.24, 2.45) is 0 Å². The minimum absolute atomic E-state index is 0.0842. The van der Waals surface area contributed by atoms with E-state index in [2.05, 4.69) is 36.6 Å². The Morgan fingerprint density at radius 3 is 1.89 bits per heavy atom. The standard InChI is InChI=1S/C47H45N3O4/c1-32-10-14-39(15-11-32)47(52)50-28-26-44(27-29-50)54-43-22-12-35(13-23-43)31-53-42-24-20-37(21-25-42)36-16-18-38(19-17-36)46(51)49-41-9-5-8-40(30-41)48-45-33(2)6-4-7-34(45)3/h4-25,30,44,48H,26-29,31H2,1-3H3,(H,49,51). The summed E-state index contributed by atoms with van der Waals surface area (Å²) in [4.78, 5) is 27.9. The molecule has 1 aliphatic rings. The van der Waals surface area contributed by atoms with Crippen molar-refractivity contribution in [1.29, 1.82) is 0 Å². The van der Waals surface area contributed by atoms with Gasteiger partial charge >= 0.3 is 0 Å². The first-order valence-electron chi connectivity index (χ1n) is 18.5. The third-order valence-corrected chi connectivity index (χ3v) is 9.86. The van der Waals surface area contributed by atoms with Crippen LogP contribution >= 0.6 is 0 Å². The van der Waals surface area contributed by atoms with Gasteiger partial charge in [0.25, 0.3) is 11.8 Å². The van der Waals surface area contributed by atoms with Crippen LogP contribution < -0.4 is 20.1 Å². The molecule has 1 heterocycles. The quantitative estimate of drug-likeness (QED) is 0.140. The Morgan fingerprint density at radius 2 is 1.22 bits per heavy atom. The summed E-state index contributed by atoms with van der Waals surface area (Å²) >= 11 is 0. The molecule has 0 aromatic heterocycles. The molecule has 1 aliphatic heterocycles. The van der Waals surface area contributed by atoms with Crippen LogP contribution in [0, 0.1) is 20.8 Å². The Bertz CT molecular complexity index is 2190. The van der Waals surface area contributed by atoms with Crippen molar-refractivity contribution in [3.8, 4) is 22.6 Å². The first-order valence-corrected chi connectivity index (χ1v) is 18.5. The number of ether oxygens (including phenoxy) is 2. The zero-order valence-electron chi connectivity index (χ0n) is 31.0. The number of hydrogen-bond donors (Lipinski definition) is 2. The number of rotatable bonds is 11. The van der Waals surface area contributed by atoms with Gasteiger partial charge in [-0.3, -0.25) is 9.59 Å². The number of para-hydroxylation sites is 1. The molecule has 2 amide bonds. The van der Waals surface area contributed by atoms with Crippen LogP contribution in [-0.4, -0.2) is 35.9 Å². The fourth-order valence-corrected chi connectivity index (χ4v) is 6.67. The molecule has 0 spiro atoms. The van der Waals surface area contributed by atoms with E-state index in [1.54, 1.807) is 0 Å². The van der Waals surface area contributed by atoms with E-state index in [4.69, 9.17) is 9.47 Å². The molecular weight excluding hydrogens is 671 g/mol. The van der Waals surface area contributed by atoms with Gasteiger partial charge in [-0.1, -0.05) is 78.4 Å². The summed E-state index contributed by atoms with van der Waals surface area (Å²) in [5, 5.41) is 6.51. The predicted molar refractivity (Wildman–Crippen MR) is 217 cm³/mol. The Balaban J connectivity index is 0.863. The van der Waals surface area contributed by atoms with Gasteiger partial charge in [-0.25, -0.2) is 0 Å². The third kappa shape index (κ3) is 8.99. The second kappa shape index (κ2) is 16.6. The second-order valence-corrected chi connectivity index (χ2v) is 13.9. The number of benzene rings is 6. The average molecular weight is 716 g/mol. The highest BCUT2D eigenvalue weighted by molar-refractivity contribution is 6.04. The molecule has 6 aromatic rings. The number of nitrogens with one attached hydrogen (secondary N) is 2. The van der Waals surface area contributed by atoms with Crippen molar-refractivity contribution in [3.05, 3.63) is 173 Å². The van der Waals surface area contributed by atoms with Crippen molar-refractivity contribution >= 4 is 28.9 Å². The lowest BCUT2D eigenvalue weighted by Gasteiger charge is -2.32. The number of piperidine rings is 1. The van der Waals surface area contributed by atoms with E-state index < -0.39 is 0 Å². The van der Waals surface area contributed by atoms with Gasteiger partial charge in [-0.05, 0) is 115 Å². The van der Waals surface area contributed by atoms with Crippen molar-refractivity contribution in [3.63, 3.8) is 0 Å². The van der Waals surface area contributed by atoms with E-state index in [0.717, 1.165) is 69.2 Å². The summed E-state index contributed by atoms with van der Waals surface area (Å²) in [7, 11) is 0. The molecule has 7 heteroatoms. The monoisotopic (exact) mass is 715 g/mol. The molecule has 0 atom stereocenters. The van der Waals surface area contributed by atoms with E-state index in [0.29, 0.717) is 25.3 Å². The van der Waals surface area contributed by atoms with Gasteiger partial charge in [0.05, 0.1) is 0 Å². The number of carbonyl (C=O) groups excluding carboxylic acids is 2. The Morgan fingerprint density at radius 1 is 0.648 bits per heavy atom. The lowest BCUT2D eigenvalue weighted by Crippen LogP contribution is -2.41. The molecule has 1 saturated heterocycles. The van der Waals surface area contributed by atoms with Crippen LogP contribution in [0.1, 0.15) is 55.8 Å². The number of carbonyl (C=O) groups is 2. The Labute approximate surface area is 317 Å². The number of amides is 2. The SMILES string of the molecule is Cc1ccc(C(=O)N2CCC(Oc3ccc(COc4ccc(-c5ccc(C(=O)Nc6cccc(Nc7c(C)cccc7C)c6)cc5)cc4)cc3)CC2)cc1. The van der Waals surface area contributed by atoms with Crippen LogP contribution in [0.4, 0.5) is 17.1 Å². The normalized spacial score (nSPS) is 12.9. The van der Waals surface area contributed by atoms with Crippen LogP contribution in [0.15, 0.2) is 140 Å². The summed E-state index contributed by atoms with van der Waals surface area (Å²) in [5.74, 6) is 1.52. The molecule has 54 heavy (non-hydrogen) atoms. The molecular formula is C47H45N3O4. The molecule has 7 nitrogen and oxygen atoms in total. The molecule has 0 bridgehead atoms. The minimum atomic E-state index is -0.165. The summed E-state index contributed by atoms with van der Waals surface area (Å²) < 4.78 is 12.3. The van der Waals surface area contributed by atoms with Gasteiger partial charge in [-0.15, -0.1) is 0 Å². The summed E-state index contributed by atoms with van der Waals surface area (Å²) in [6.45, 7) is 8.00. The van der Waals surface area contributed by atoms with Gasteiger partial charge in [0, 0.05) is 54.1 Å². The highest BCUT2D eigenvalue weighted by atomic mass is 16.5. The molecule has 272 valence electrons. The van der Waals surface area contributed by atoms with Gasteiger partial charge in [-0.2, -0.15) is 0 Å². The molecule has 0 aliphatic carbocycles. The largest absolute Gasteiger partial charge is 0.490 e. The summed E-state index contributed by atoms with van der Waals surface area (Å²) in [6.07, 6.45) is 1.70. The number of aryl methyl sites for hydroxylation is 3. The lowest BCUT2D eigenvalue weighted by atomic mass is 10.0. The molecule has 2 N–H and O–H groups in total. The van der Waals surface area contributed by atoms with E-state index in [9.17, 15) is 9.59 Å². The summed E-state index contributed by atoms with van der Waals surface area (Å²) in [6, 6.07) is 45.3. The van der Waals surface area contributed by atoms with Crippen molar-refractivity contribution in [2.45, 2.75) is 46.3 Å². The highest BCUT2D eigenvalue weighted by Gasteiger charge is 2.24. The van der Waals surface area contributed by atoms with E-state index in [1.165, 1.54) is 11.1 Å². The average Bonchev–Trinajstić information content (AvgIpc) is 3.20. The number of anilines is 3. The molecule has 1 fully saturated rings. The van der Waals surface area contributed by atoms with E-state index in [1.807, 2.05) is 139 Å². The van der Waals surface area contributed by atoms with Crippen LogP contribution in [0.5, 0.6) is 11.5 Å². The summed E-state index contributed by atoms with van der Waals surface area (Å²) in [5.41, 5.74) is 10.6. The molecule has 6 aromatic carbocycles. The van der Waals surface area contributed by atoms with E-state index >= 15 is 0 Å². The van der Waals surface area contributed by atoms with Gasteiger partial charge < -0.3 is 25.0 Å². The zero-order valence-corrected chi connectivity index (χ0v) is 31.0. The fraction of sp³-hybridized carbons (Fsp3) is 0.191. The molecule has 0 radical (unpaired) electrons. The van der Waals surface area contributed by atoms with Crippen molar-refractivity contribution < 1.29 is 19.1 Å². The highest BCUT2D eigenvalue weighted by Crippen LogP contribution is 2.28. The predicted octanol–water partition coefficient (Wildman–Crippen LogP) is 10.5. The van der Waals surface area contributed by atoms with Gasteiger partial charge in [0.2, 0.25) is 0 Å². The zero-order chi connectivity index (χ0) is 37.4. The van der Waals surface area contributed by atoms with Gasteiger partial charge in [0.15, 0.2) is 0 Å². The van der Waals surface area contributed by atoms with Crippen LogP contribution in [0.25, 0.3) is 11.1 Å². The second-order valence-electron chi connectivity index (χ2n) is 13.9. The van der Waals surface area contributed by atoms with Crippen LogP contribution in [0.2, 0.25) is 0 Å². The van der Waals surface area contributed by atoms with Gasteiger partial charge in [0.1, 0.15) is 24.2 Å². The van der Waals surface area contributed by atoms with Crippen LogP contribution in [0.3, 0.4) is 0 Å². The maximum atomic E-state index is 13.1. The maximum absolute atomic E-state index is 13.1. The fourth-order valence-electron chi connectivity index (χ4n) is 6.67. The lowest BCUT2D eigenvalue weighted by molar-refractivity contribution is 0.0595. The van der Waals surface area contributed by atoms with E-state index in [-0.39, 0.29) is 17.9 Å². The molecule has 7 rings (SSSR count). The molecule has 0 unspecified atom stereocenters. The van der Waals surface area contributed by atoms with Crippen molar-refractivity contribution in [1.82, 2.24) is 4.90 Å². The third-order valence-electron chi connectivity index (χ3n) is 9.86. The number of hydrogen-bond acceptors (Lipinski definition) is 5. The first kappa shape index (κ1) is 36.0. The first-order chi connectivity index (χ1) is 26.3. The number of nitrogens with zero attached hydrogens (tertiary/aromatic N) is 1. The topological polar surface area (TPSA) is 79.9 Å². The maximum Gasteiger partial charge on any atom is 0.255 e. The minimum Gasteiger partial charge on any atom is -0.490 e. The smallest absolute Gasteiger partial charge is 0.255 e.